The summed E-state index contributed by atoms with van der Waals surface area (Å²) in [5.74, 6) is 0.298. The Morgan fingerprint density at radius 3 is 2.26 bits per heavy atom. The fraction of sp³-hybridized carbons (Fsp3) is 0.105. The summed E-state index contributed by atoms with van der Waals surface area (Å²) in [4.78, 5) is 0. The summed E-state index contributed by atoms with van der Waals surface area (Å²) in [6.07, 6.45) is 0.978. The van der Waals surface area contributed by atoms with Crippen LogP contribution < -0.4 is 0 Å². The van der Waals surface area contributed by atoms with Crippen molar-refractivity contribution in [3.8, 4) is 0 Å². The van der Waals surface area contributed by atoms with E-state index in [0.717, 1.165) is 6.42 Å². The lowest BCUT2D eigenvalue weighted by Gasteiger charge is -2.13. The van der Waals surface area contributed by atoms with E-state index in [0.29, 0.717) is 5.92 Å². The first-order valence-electron chi connectivity index (χ1n) is 6.69. The largest absolute Gasteiger partial charge is 0.0622 e. The van der Waals surface area contributed by atoms with Crippen molar-refractivity contribution in [2.24, 2.45) is 0 Å². The molecule has 3 aromatic carbocycles. The molecule has 0 nitrogen and oxygen atoms in total. The number of fused-ring (bicyclic) bond motifs is 1. The van der Waals surface area contributed by atoms with Gasteiger partial charge in [0.15, 0.2) is 0 Å². The maximum absolute atomic E-state index is 4.31. The first-order chi connectivity index (χ1) is 9.34. The molecule has 0 aliphatic heterocycles. The van der Waals surface area contributed by atoms with Crippen molar-refractivity contribution in [3.63, 3.8) is 0 Å². The minimum Gasteiger partial charge on any atom is -0.0622 e. The van der Waals surface area contributed by atoms with Gasteiger partial charge in [0.25, 0.3) is 0 Å². The maximum Gasteiger partial charge on any atom is -0.0121 e. The lowest BCUT2D eigenvalue weighted by molar-refractivity contribution is 0.838. The molecule has 1 unspecified atom stereocenters. The zero-order valence-corrected chi connectivity index (χ0v) is 10.9. The molecule has 0 amide bonds. The standard InChI is InChI=1S/C19H17/c1-15(16-8-3-2-4-9-16)14-18-12-7-11-17-10-5-6-13-19(17)18/h2-13,15H,1,14H2. The van der Waals surface area contributed by atoms with E-state index < -0.39 is 0 Å². The van der Waals surface area contributed by atoms with Crippen LogP contribution in [0.1, 0.15) is 17.0 Å². The Kier molecular flexibility index (Phi) is 3.33. The minimum atomic E-state index is 0.298. The molecule has 0 bridgehead atoms. The molecule has 1 atom stereocenters. The normalized spacial score (nSPS) is 12.5. The van der Waals surface area contributed by atoms with E-state index >= 15 is 0 Å². The highest BCUT2D eigenvalue weighted by molar-refractivity contribution is 5.85. The highest BCUT2D eigenvalue weighted by atomic mass is 14.1. The monoisotopic (exact) mass is 245 g/mol. The van der Waals surface area contributed by atoms with Crippen LogP contribution in [0.4, 0.5) is 0 Å². The lowest BCUT2D eigenvalue weighted by atomic mass is 9.91. The summed E-state index contributed by atoms with van der Waals surface area (Å²) in [6, 6.07) is 25.6. The minimum absolute atomic E-state index is 0.298. The Morgan fingerprint density at radius 2 is 1.42 bits per heavy atom. The van der Waals surface area contributed by atoms with Crippen LogP contribution in [0.3, 0.4) is 0 Å². The number of hydrogen-bond acceptors (Lipinski definition) is 0. The second-order valence-electron chi connectivity index (χ2n) is 4.95. The Bertz CT molecular complexity index is 662. The van der Waals surface area contributed by atoms with Gasteiger partial charge in [0, 0.05) is 0 Å². The molecule has 0 spiro atoms. The van der Waals surface area contributed by atoms with Crippen molar-refractivity contribution in [1.82, 2.24) is 0 Å². The van der Waals surface area contributed by atoms with E-state index in [-0.39, 0.29) is 0 Å². The van der Waals surface area contributed by atoms with Gasteiger partial charge < -0.3 is 0 Å². The first kappa shape index (κ1) is 12.0. The molecule has 3 aromatic rings. The van der Waals surface area contributed by atoms with Crippen molar-refractivity contribution in [2.45, 2.75) is 12.3 Å². The second kappa shape index (κ2) is 5.27. The average Bonchev–Trinajstić information content (AvgIpc) is 2.48. The van der Waals surface area contributed by atoms with Gasteiger partial charge in [-0.3, -0.25) is 0 Å². The van der Waals surface area contributed by atoms with Gasteiger partial charge in [-0.05, 0) is 41.2 Å². The Morgan fingerprint density at radius 1 is 0.737 bits per heavy atom. The lowest BCUT2D eigenvalue weighted by Crippen LogP contribution is -1.99. The SMILES string of the molecule is [CH2]C(Cc1cccc2ccccc12)c1ccccc1. The highest BCUT2D eigenvalue weighted by Crippen LogP contribution is 2.25. The Hall–Kier alpha value is -2.08. The van der Waals surface area contributed by atoms with Gasteiger partial charge in [-0.1, -0.05) is 72.8 Å². The van der Waals surface area contributed by atoms with E-state index in [2.05, 4.69) is 73.7 Å². The van der Waals surface area contributed by atoms with Crippen molar-refractivity contribution >= 4 is 10.8 Å². The number of benzene rings is 3. The smallest absolute Gasteiger partial charge is 0.0121 e. The molecule has 0 saturated heterocycles. The number of rotatable bonds is 3. The van der Waals surface area contributed by atoms with Crippen LogP contribution in [0.25, 0.3) is 10.8 Å². The highest BCUT2D eigenvalue weighted by Gasteiger charge is 2.08. The molecule has 0 saturated carbocycles. The molecular weight excluding hydrogens is 228 g/mol. The molecule has 0 heterocycles. The molecule has 0 aliphatic rings. The van der Waals surface area contributed by atoms with Crippen molar-refractivity contribution in [1.29, 1.82) is 0 Å². The summed E-state index contributed by atoms with van der Waals surface area (Å²) in [5.41, 5.74) is 2.68. The molecule has 0 N–H and O–H groups in total. The van der Waals surface area contributed by atoms with Crippen LogP contribution in [-0.4, -0.2) is 0 Å². The molecule has 0 fully saturated rings. The summed E-state index contributed by atoms with van der Waals surface area (Å²) in [6.45, 7) is 4.31. The van der Waals surface area contributed by atoms with Gasteiger partial charge in [-0.15, -0.1) is 0 Å². The van der Waals surface area contributed by atoms with Crippen LogP contribution in [0.2, 0.25) is 0 Å². The molecule has 0 heteroatoms. The fourth-order valence-electron chi connectivity index (χ4n) is 2.58. The average molecular weight is 245 g/mol. The Balaban J connectivity index is 1.94. The van der Waals surface area contributed by atoms with Gasteiger partial charge in [0.1, 0.15) is 0 Å². The summed E-state index contributed by atoms with van der Waals surface area (Å²) in [5, 5.41) is 2.65. The molecule has 93 valence electrons. The van der Waals surface area contributed by atoms with Gasteiger partial charge in [0.05, 0.1) is 0 Å². The van der Waals surface area contributed by atoms with Crippen LogP contribution in [0, 0.1) is 6.92 Å². The number of hydrogen-bond donors (Lipinski definition) is 0. The van der Waals surface area contributed by atoms with Gasteiger partial charge in [-0.25, -0.2) is 0 Å². The third-order valence-electron chi connectivity index (χ3n) is 3.62. The van der Waals surface area contributed by atoms with E-state index in [1.807, 2.05) is 6.07 Å². The Labute approximate surface area is 114 Å². The molecule has 19 heavy (non-hydrogen) atoms. The van der Waals surface area contributed by atoms with Crippen LogP contribution in [-0.2, 0) is 6.42 Å². The summed E-state index contributed by atoms with van der Waals surface area (Å²) in [7, 11) is 0. The van der Waals surface area contributed by atoms with Gasteiger partial charge in [0.2, 0.25) is 0 Å². The second-order valence-corrected chi connectivity index (χ2v) is 4.95. The van der Waals surface area contributed by atoms with E-state index in [1.165, 1.54) is 21.9 Å². The zero-order chi connectivity index (χ0) is 13.1. The van der Waals surface area contributed by atoms with E-state index in [1.54, 1.807) is 0 Å². The quantitative estimate of drug-likeness (QED) is 0.609. The topological polar surface area (TPSA) is 0 Å². The molecular formula is C19H17. The van der Waals surface area contributed by atoms with Crippen molar-refractivity contribution in [2.75, 3.05) is 0 Å². The first-order valence-corrected chi connectivity index (χ1v) is 6.69. The zero-order valence-electron chi connectivity index (χ0n) is 10.9. The molecule has 0 aromatic heterocycles. The van der Waals surface area contributed by atoms with Crippen LogP contribution >= 0.6 is 0 Å². The van der Waals surface area contributed by atoms with Gasteiger partial charge in [-0.2, -0.15) is 0 Å². The third kappa shape index (κ3) is 2.53. The predicted molar refractivity (Wildman–Crippen MR) is 82.2 cm³/mol. The fourth-order valence-corrected chi connectivity index (χ4v) is 2.58. The van der Waals surface area contributed by atoms with E-state index in [4.69, 9.17) is 0 Å². The van der Waals surface area contributed by atoms with E-state index in [9.17, 15) is 0 Å². The molecule has 1 radical (unpaired) electrons. The van der Waals surface area contributed by atoms with Crippen molar-refractivity contribution in [3.05, 3.63) is 90.8 Å². The molecule has 0 aliphatic carbocycles. The van der Waals surface area contributed by atoms with Gasteiger partial charge >= 0.3 is 0 Å². The summed E-state index contributed by atoms with van der Waals surface area (Å²) >= 11 is 0. The maximum atomic E-state index is 4.31. The molecule has 3 rings (SSSR count). The van der Waals surface area contributed by atoms with Crippen LogP contribution in [0.5, 0.6) is 0 Å². The van der Waals surface area contributed by atoms with Crippen molar-refractivity contribution < 1.29 is 0 Å². The third-order valence-corrected chi connectivity index (χ3v) is 3.62. The van der Waals surface area contributed by atoms with Crippen LogP contribution in [0.15, 0.2) is 72.8 Å². The summed E-state index contributed by atoms with van der Waals surface area (Å²) < 4.78 is 0. The predicted octanol–water partition coefficient (Wildman–Crippen LogP) is 5.00.